The van der Waals surface area contributed by atoms with Crippen LogP contribution in [0.2, 0.25) is 0 Å². The average molecular weight is 267 g/mol. The van der Waals surface area contributed by atoms with Crippen LogP contribution in [0.3, 0.4) is 0 Å². The number of thioether (sulfide) groups is 1. The van der Waals surface area contributed by atoms with E-state index in [0.29, 0.717) is 0 Å². The van der Waals surface area contributed by atoms with Crippen molar-refractivity contribution in [2.45, 2.75) is 51.6 Å². The molecule has 1 aromatic rings. The zero-order valence-corrected chi connectivity index (χ0v) is 12.6. The van der Waals surface area contributed by atoms with Gasteiger partial charge >= 0.3 is 0 Å². The van der Waals surface area contributed by atoms with Crippen LogP contribution in [0.1, 0.15) is 44.0 Å². The van der Waals surface area contributed by atoms with E-state index in [1.807, 2.05) is 19.9 Å². The number of unbranched alkanes of at least 4 members (excludes halogenated alkanes) is 3. The molecule has 1 N–H and O–H groups in total. The predicted molar refractivity (Wildman–Crippen MR) is 79.2 cm³/mol. The minimum atomic E-state index is 0.903. The Kier molecular flexibility index (Phi) is 8.01. The van der Waals surface area contributed by atoms with Gasteiger partial charge in [0.15, 0.2) is 5.16 Å². The minimum Gasteiger partial charge on any atom is -0.316 e. The van der Waals surface area contributed by atoms with Gasteiger partial charge in [0.1, 0.15) is 0 Å². The van der Waals surface area contributed by atoms with Gasteiger partial charge < -0.3 is 5.32 Å². The van der Waals surface area contributed by atoms with Crippen molar-refractivity contribution < 1.29 is 0 Å². The molecule has 0 bridgehead atoms. The van der Waals surface area contributed by atoms with Crippen molar-refractivity contribution >= 4 is 11.8 Å². The molecule has 0 saturated heterocycles. The monoisotopic (exact) mass is 267 g/mol. The SMILES string of the molecule is CCCCCCNCCSc1nc(C)cc(C)n1. The highest BCUT2D eigenvalue weighted by atomic mass is 32.2. The number of aryl methyl sites for hydroxylation is 2. The van der Waals surface area contributed by atoms with E-state index in [1.165, 1.54) is 25.7 Å². The Hall–Kier alpha value is -0.610. The van der Waals surface area contributed by atoms with E-state index in [0.717, 1.165) is 35.4 Å². The largest absolute Gasteiger partial charge is 0.316 e. The molecule has 0 spiro atoms. The van der Waals surface area contributed by atoms with Crippen molar-refractivity contribution in [1.82, 2.24) is 15.3 Å². The average Bonchev–Trinajstić information content (AvgIpc) is 2.31. The standard InChI is InChI=1S/C14H25N3S/c1-4-5-6-7-8-15-9-10-18-14-16-12(2)11-13(3)17-14/h11,15H,4-10H2,1-3H3. The maximum absolute atomic E-state index is 4.42. The van der Waals surface area contributed by atoms with Crippen molar-refractivity contribution in [3.63, 3.8) is 0 Å². The third-order valence-corrected chi connectivity index (χ3v) is 3.53. The normalized spacial score (nSPS) is 10.8. The second kappa shape index (κ2) is 9.34. The maximum Gasteiger partial charge on any atom is 0.188 e. The molecule has 18 heavy (non-hydrogen) atoms. The van der Waals surface area contributed by atoms with E-state index < -0.39 is 0 Å². The molecule has 1 aromatic heterocycles. The van der Waals surface area contributed by atoms with Gasteiger partial charge in [0, 0.05) is 23.7 Å². The number of hydrogen-bond donors (Lipinski definition) is 1. The smallest absolute Gasteiger partial charge is 0.188 e. The molecule has 102 valence electrons. The fraction of sp³-hybridized carbons (Fsp3) is 0.714. The first kappa shape index (κ1) is 15.4. The van der Waals surface area contributed by atoms with E-state index in [4.69, 9.17) is 0 Å². The first-order valence-corrected chi connectivity index (χ1v) is 7.86. The van der Waals surface area contributed by atoms with Gasteiger partial charge in [-0.05, 0) is 32.9 Å². The third-order valence-electron chi connectivity index (χ3n) is 2.68. The Morgan fingerprint density at radius 3 is 2.44 bits per heavy atom. The summed E-state index contributed by atoms with van der Waals surface area (Å²) in [5.41, 5.74) is 2.11. The number of hydrogen-bond acceptors (Lipinski definition) is 4. The summed E-state index contributed by atoms with van der Waals surface area (Å²) in [7, 11) is 0. The van der Waals surface area contributed by atoms with Gasteiger partial charge in [-0.15, -0.1) is 0 Å². The van der Waals surface area contributed by atoms with Gasteiger partial charge in [-0.2, -0.15) is 0 Å². The first-order valence-electron chi connectivity index (χ1n) is 6.88. The van der Waals surface area contributed by atoms with Crippen LogP contribution >= 0.6 is 11.8 Å². The van der Waals surface area contributed by atoms with Gasteiger partial charge in [0.2, 0.25) is 0 Å². The highest BCUT2D eigenvalue weighted by Crippen LogP contribution is 2.12. The summed E-state index contributed by atoms with van der Waals surface area (Å²) in [5.74, 6) is 1.04. The highest BCUT2D eigenvalue weighted by molar-refractivity contribution is 7.99. The predicted octanol–water partition coefficient (Wildman–Crippen LogP) is 3.36. The van der Waals surface area contributed by atoms with Crippen LogP contribution in [0.4, 0.5) is 0 Å². The fourth-order valence-corrected chi connectivity index (χ4v) is 2.62. The summed E-state index contributed by atoms with van der Waals surface area (Å²) in [6, 6.07) is 2.01. The molecule has 0 aliphatic rings. The molecule has 0 aliphatic carbocycles. The van der Waals surface area contributed by atoms with Gasteiger partial charge in [-0.3, -0.25) is 0 Å². The Morgan fingerprint density at radius 2 is 1.78 bits per heavy atom. The van der Waals surface area contributed by atoms with Crippen molar-refractivity contribution in [2.24, 2.45) is 0 Å². The Labute approximate surface area is 115 Å². The summed E-state index contributed by atoms with van der Waals surface area (Å²) < 4.78 is 0. The third kappa shape index (κ3) is 6.97. The maximum atomic E-state index is 4.42. The fourth-order valence-electron chi connectivity index (χ4n) is 1.77. The van der Waals surface area contributed by atoms with Crippen LogP contribution in [0.15, 0.2) is 11.2 Å². The van der Waals surface area contributed by atoms with Gasteiger partial charge in [-0.1, -0.05) is 37.9 Å². The van der Waals surface area contributed by atoms with Gasteiger partial charge in [0.05, 0.1) is 0 Å². The molecular weight excluding hydrogens is 242 g/mol. The van der Waals surface area contributed by atoms with E-state index >= 15 is 0 Å². The minimum absolute atomic E-state index is 0.903. The first-order chi connectivity index (χ1) is 8.72. The summed E-state index contributed by atoms with van der Waals surface area (Å²) in [6.45, 7) is 8.45. The quantitative estimate of drug-likeness (QED) is 0.423. The zero-order valence-electron chi connectivity index (χ0n) is 11.8. The Balaban J connectivity index is 2.07. The van der Waals surface area contributed by atoms with Crippen LogP contribution in [0.25, 0.3) is 0 Å². The van der Waals surface area contributed by atoms with E-state index in [-0.39, 0.29) is 0 Å². The molecule has 0 unspecified atom stereocenters. The van der Waals surface area contributed by atoms with Crippen LogP contribution in [-0.4, -0.2) is 28.8 Å². The lowest BCUT2D eigenvalue weighted by Crippen LogP contribution is -2.18. The highest BCUT2D eigenvalue weighted by Gasteiger charge is 1.99. The molecule has 0 atom stereocenters. The lowest BCUT2D eigenvalue weighted by atomic mass is 10.2. The Bertz CT molecular complexity index is 322. The molecule has 4 heteroatoms. The molecule has 0 fully saturated rings. The number of rotatable bonds is 9. The van der Waals surface area contributed by atoms with Crippen molar-refractivity contribution in [3.05, 3.63) is 17.5 Å². The second-order valence-electron chi connectivity index (χ2n) is 4.59. The van der Waals surface area contributed by atoms with Crippen LogP contribution in [0.5, 0.6) is 0 Å². The summed E-state index contributed by atoms with van der Waals surface area (Å²) in [6.07, 6.45) is 5.29. The number of nitrogens with zero attached hydrogens (tertiary/aromatic N) is 2. The van der Waals surface area contributed by atoms with Crippen molar-refractivity contribution in [1.29, 1.82) is 0 Å². The molecule has 0 saturated carbocycles. The second-order valence-corrected chi connectivity index (χ2v) is 5.65. The molecule has 3 nitrogen and oxygen atoms in total. The lowest BCUT2D eigenvalue weighted by molar-refractivity contribution is 0.612. The van der Waals surface area contributed by atoms with E-state index in [1.54, 1.807) is 11.8 Å². The summed E-state index contributed by atoms with van der Waals surface area (Å²) in [5, 5.41) is 4.37. The Morgan fingerprint density at radius 1 is 1.06 bits per heavy atom. The van der Waals surface area contributed by atoms with E-state index in [2.05, 4.69) is 22.2 Å². The molecule has 0 aliphatic heterocycles. The summed E-state index contributed by atoms with van der Waals surface area (Å²) >= 11 is 1.73. The number of aromatic nitrogens is 2. The van der Waals surface area contributed by atoms with Crippen LogP contribution in [0, 0.1) is 13.8 Å². The molecule has 1 rings (SSSR count). The molecular formula is C14H25N3S. The zero-order chi connectivity index (χ0) is 13.2. The van der Waals surface area contributed by atoms with Crippen LogP contribution < -0.4 is 5.32 Å². The van der Waals surface area contributed by atoms with E-state index in [9.17, 15) is 0 Å². The van der Waals surface area contributed by atoms with Crippen LogP contribution in [-0.2, 0) is 0 Å². The topological polar surface area (TPSA) is 37.8 Å². The molecule has 0 aromatic carbocycles. The summed E-state index contributed by atoms with van der Waals surface area (Å²) in [4.78, 5) is 8.83. The molecule has 0 radical (unpaired) electrons. The number of nitrogens with one attached hydrogen (secondary N) is 1. The van der Waals surface area contributed by atoms with Gasteiger partial charge in [-0.25, -0.2) is 9.97 Å². The molecule has 0 amide bonds. The van der Waals surface area contributed by atoms with Crippen molar-refractivity contribution in [2.75, 3.05) is 18.8 Å². The lowest BCUT2D eigenvalue weighted by Gasteiger charge is -2.05. The van der Waals surface area contributed by atoms with Crippen molar-refractivity contribution in [3.8, 4) is 0 Å². The molecule has 1 heterocycles. The van der Waals surface area contributed by atoms with Gasteiger partial charge in [0.25, 0.3) is 0 Å².